The van der Waals surface area contributed by atoms with E-state index in [0.717, 1.165) is 19.4 Å². The largest absolute Gasteiger partial charge is 0.479 e. The van der Waals surface area contributed by atoms with Crippen LogP contribution in [0.5, 0.6) is 0 Å². The van der Waals surface area contributed by atoms with Gasteiger partial charge in [0.2, 0.25) is 0 Å². The summed E-state index contributed by atoms with van der Waals surface area (Å²) >= 11 is 0. The molecule has 29 nitrogen and oxygen atoms in total. The number of aliphatic carboxylic acids is 1. The van der Waals surface area contributed by atoms with Crippen molar-refractivity contribution in [1.29, 1.82) is 0 Å². The standard InChI is InChI=1S/C63H98O29/c1-13-24(2)53(81)91-51-50(92-56-46(84-27(5)68)41(75)43(25(3)82-56)83-26(4)67)58(6,7)20-29-28-14-15-33-60(10)18-17-34(59(8,9)32(60)16-19-61(33,11)62(28,12)48(77)49(78)63(29,51)23-66)87-57-47(90-55-40(74)38(72)36(70)31(22-65)86-55)44(42(76)45(89-57)52(79)80)88-54-39(73)37(71)35(69)30(21-64)85-54/h13-14,25,29-51,54-57,64-66,69-78H,15-23H2,1-12H3,(H,79,80). The van der Waals surface area contributed by atoms with Crippen LogP contribution in [0, 0.1) is 50.2 Å². The van der Waals surface area contributed by atoms with E-state index in [1.165, 1.54) is 19.9 Å². The highest BCUT2D eigenvalue weighted by molar-refractivity contribution is 5.87. The second-order valence-corrected chi connectivity index (χ2v) is 29.1. The summed E-state index contributed by atoms with van der Waals surface area (Å²) in [6.07, 6.45) is -37.7. The van der Waals surface area contributed by atoms with Crippen molar-refractivity contribution >= 4 is 23.9 Å². The number of fused-ring (bicyclic) bond motifs is 7. The molecule has 14 N–H and O–H groups in total. The van der Waals surface area contributed by atoms with Gasteiger partial charge in [0, 0.05) is 24.8 Å². The Labute approximate surface area is 533 Å². The van der Waals surface area contributed by atoms with Gasteiger partial charge in [-0.25, -0.2) is 9.59 Å². The van der Waals surface area contributed by atoms with Gasteiger partial charge >= 0.3 is 23.9 Å². The van der Waals surface area contributed by atoms with Crippen LogP contribution in [0.3, 0.4) is 0 Å². The molecule has 32 unspecified atom stereocenters. The summed E-state index contributed by atoms with van der Waals surface area (Å²) in [4.78, 5) is 52.1. The van der Waals surface area contributed by atoms with Gasteiger partial charge < -0.3 is 124 Å². The molecule has 0 aromatic heterocycles. The van der Waals surface area contributed by atoms with Crippen LogP contribution in [-0.2, 0) is 71.3 Å². The maximum atomic E-state index is 14.2. The van der Waals surface area contributed by atoms with Crippen molar-refractivity contribution in [2.24, 2.45) is 50.2 Å². The second kappa shape index (κ2) is 26.7. The van der Waals surface area contributed by atoms with Crippen LogP contribution in [0.2, 0.25) is 0 Å². The molecular formula is C63H98O29. The zero-order valence-electron chi connectivity index (χ0n) is 54.1. The quantitative estimate of drug-likeness (QED) is 0.0264. The molecule has 4 saturated heterocycles. The van der Waals surface area contributed by atoms with Crippen LogP contribution in [0.4, 0.5) is 0 Å². The summed E-state index contributed by atoms with van der Waals surface area (Å²) in [6.45, 7) is 18.2. The lowest BCUT2D eigenvalue weighted by atomic mass is 9.32. The van der Waals surface area contributed by atoms with Crippen LogP contribution in [-0.4, -0.2) is 269 Å². The molecule has 524 valence electrons. The third-order valence-electron chi connectivity index (χ3n) is 23.4. The molecule has 4 saturated carbocycles. The number of esters is 3. The Morgan fingerprint density at radius 3 is 1.67 bits per heavy atom. The predicted molar refractivity (Wildman–Crippen MR) is 310 cm³/mol. The fraction of sp³-hybridized carbons (Fsp3) is 0.873. The summed E-state index contributed by atoms with van der Waals surface area (Å²) in [5, 5.41) is 158. The highest BCUT2D eigenvalue weighted by Gasteiger charge is 2.77. The van der Waals surface area contributed by atoms with Gasteiger partial charge in [-0.3, -0.25) is 9.59 Å². The molecule has 9 aliphatic rings. The Hall–Kier alpha value is -3.48. The molecule has 32 atom stereocenters. The molecular weight excluding hydrogens is 1220 g/mol. The fourth-order valence-corrected chi connectivity index (χ4v) is 18.1. The zero-order chi connectivity index (χ0) is 68.2. The van der Waals surface area contributed by atoms with Crippen molar-refractivity contribution in [3.63, 3.8) is 0 Å². The number of aliphatic hydroxyl groups excluding tert-OH is 13. The molecule has 29 heteroatoms. The van der Waals surface area contributed by atoms with Gasteiger partial charge in [-0.05, 0) is 98.7 Å². The van der Waals surface area contributed by atoms with Crippen molar-refractivity contribution in [2.75, 3.05) is 19.8 Å². The molecule has 4 heterocycles. The average Bonchev–Trinajstić information content (AvgIpc) is 0.663. The summed E-state index contributed by atoms with van der Waals surface area (Å²) < 4.78 is 67.2. The van der Waals surface area contributed by atoms with Gasteiger partial charge in [-0.15, -0.1) is 0 Å². The molecule has 4 aliphatic heterocycles. The average molecular weight is 1320 g/mol. The van der Waals surface area contributed by atoms with Gasteiger partial charge in [0.1, 0.15) is 85.5 Å². The minimum absolute atomic E-state index is 0.157. The van der Waals surface area contributed by atoms with Crippen molar-refractivity contribution < 1.29 is 143 Å². The number of carbonyl (C=O) groups is 4. The van der Waals surface area contributed by atoms with E-state index in [4.69, 9.17) is 52.1 Å². The molecule has 9 rings (SSSR count). The van der Waals surface area contributed by atoms with Crippen molar-refractivity contribution in [2.45, 2.75) is 275 Å². The number of hydrogen-bond donors (Lipinski definition) is 14. The third-order valence-corrected chi connectivity index (χ3v) is 23.4. The van der Waals surface area contributed by atoms with E-state index in [9.17, 15) is 90.7 Å². The molecule has 0 amide bonds. The zero-order valence-corrected chi connectivity index (χ0v) is 54.1. The lowest BCUT2D eigenvalue weighted by Gasteiger charge is -2.73. The topological polar surface area (TPSA) is 453 Å². The van der Waals surface area contributed by atoms with E-state index >= 15 is 0 Å². The number of allylic oxidation sites excluding steroid dienone is 2. The number of ether oxygens (including phenoxy) is 11. The Morgan fingerprint density at radius 2 is 1.14 bits per heavy atom. The number of aliphatic hydroxyl groups is 13. The highest BCUT2D eigenvalue weighted by Crippen LogP contribution is 2.76. The molecule has 0 bridgehead atoms. The van der Waals surface area contributed by atoms with Gasteiger partial charge in [-0.2, -0.15) is 0 Å². The lowest BCUT2D eigenvalue weighted by Crippen LogP contribution is -2.77. The first-order chi connectivity index (χ1) is 42.9. The van der Waals surface area contributed by atoms with Gasteiger partial charge in [-0.1, -0.05) is 66.2 Å². The molecule has 0 spiro atoms. The van der Waals surface area contributed by atoms with Crippen LogP contribution >= 0.6 is 0 Å². The van der Waals surface area contributed by atoms with Crippen LogP contribution in [0.15, 0.2) is 23.3 Å². The maximum Gasteiger partial charge on any atom is 0.335 e. The van der Waals surface area contributed by atoms with Crippen molar-refractivity contribution in [3.8, 4) is 0 Å². The number of carboxylic acid groups (broad SMARTS) is 1. The van der Waals surface area contributed by atoms with E-state index in [-0.39, 0.29) is 30.3 Å². The molecule has 92 heavy (non-hydrogen) atoms. The fourth-order valence-electron chi connectivity index (χ4n) is 18.1. The number of rotatable bonds is 16. The second-order valence-electron chi connectivity index (χ2n) is 29.1. The number of carboxylic acids is 1. The first-order valence-corrected chi connectivity index (χ1v) is 31.9. The summed E-state index contributed by atoms with van der Waals surface area (Å²) in [5.41, 5.74) is -5.61. The number of hydrogen-bond acceptors (Lipinski definition) is 28. The molecule has 5 aliphatic carbocycles. The minimum atomic E-state index is -2.23. The molecule has 8 fully saturated rings. The SMILES string of the molecule is CC=C(C)C(=O)OC1C(OC2OC(C)C(OC(C)=O)C(O)C2OC(C)=O)C(C)(C)CC2C3=CCC4C5(C)CCC(OC6OC(C(=O)O)C(O)C(OC7OC(CO)C(O)C(O)C7O)C6OC6OC(CO)C(O)C(O)C6O)C(C)(C)C5CCC4(C)C3(C)C(O)C(O)C21CO. The summed E-state index contributed by atoms with van der Waals surface area (Å²) in [5.74, 6) is -5.40. The summed E-state index contributed by atoms with van der Waals surface area (Å²) in [7, 11) is 0. The predicted octanol–water partition coefficient (Wildman–Crippen LogP) is -1.90. The van der Waals surface area contributed by atoms with E-state index in [1.54, 1.807) is 6.92 Å². The lowest BCUT2D eigenvalue weighted by molar-refractivity contribution is -0.396. The first-order valence-electron chi connectivity index (χ1n) is 31.9. The van der Waals surface area contributed by atoms with Crippen molar-refractivity contribution in [3.05, 3.63) is 23.3 Å². The smallest absolute Gasteiger partial charge is 0.335 e. The van der Waals surface area contributed by atoms with Crippen LogP contribution < -0.4 is 0 Å². The molecule has 0 aromatic rings. The van der Waals surface area contributed by atoms with Crippen molar-refractivity contribution in [1.82, 2.24) is 0 Å². The monoisotopic (exact) mass is 1320 g/mol. The summed E-state index contributed by atoms with van der Waals surface area (Å²) in [6, 6.07) is 0. The highest BCUT2D eigenvalue weighted by atomic mass is 16.8. The van der Waals surface area contributed by atoms with Crippen LogP contribution in [0.25, 0.3) is 0 Å². The molecule has 0 radical (unpaired) electrons. The number of carbonyl (C=O) groups excluding carboxylic acids is 3. The van der Waals surface area contributed by atoms with E-state index in [0.29, 0.717) is 25.7 Å². The Kier molecular flexibility index (Phi) is 21.2. The third kappa shape index (κ3) is 11.9. The van der Waals surface area contributed by atoms with E-state index in [2.05, 4.69) is 19.9 Å². The Morgan fingerprint density at radius 1 is 0.587 bits per heavy atom. The van der Waals surface area contributed by atoms with E-state index in [1.807, 2.05) is 34.6 Å². The maximum absolute atomic E-state index is 14.2. The van der Waals surface area contributed by atoms with Crippen LogP contribution in [0.1, 0.15) is 122 Å². The van der Waals surface area contributed by atoms with Gasteiger partial charge in [0.25, 0.3) is 0 Å². The minimum Gasteiger partial charge on any atom is -0.479 e. The normalized spacial score (nSPS) is 49.9. The Balaban J connectivity index is 1.05. The van der Waals surface area contributed by atoms with Gasteiger partial charge in [0.15, 0.2) is 43.5 Å². The molecule has 0 aromatic carbocycles. The van der Waals surface area contributed by atoms with E-state index < -0.39 is 235 Å². The first kappa shape index (κ1) is 72.8. The Bertz CT molecular complexity index is 2740. The van der Waals surface area contributed by atoms with Gasteiger partial charge in [0.05, 0.1) is 49.7 Å².